The van der Waals surface area contributed by atoms with Crippen molar-refractivity contribution in [1.29, 1.82) is 0 Å². The van der Waals surface area contributed by atoms with E-state index in [1.807, 2.05) is 6.07 Å². The third-order valence-electron chi connectivity index (χ3n) is 4.98. The van der Waals surface area contributed by atoms with Gasteiger partial charge < -0.3 is 10.6 Å². The van der Waals surface area contributed by atoms with Gasteiger partial charge in [-0.2, -0.15) is 0 Å². The van der Waals surface area contributed by atoms with E-state index in [9.17, 15) is 9.18 Å². The molecule has 3 nitrogen and oxygen atoms in total. The summed E-state index contributed by atoms with van der Waals surface area (Å²) >= 11 is 0. The van der Waals surface area contributed by atoms with Gasteiger partial charge in [-0.15, -0.1) is 12.4 Å². The Bertz CT molecular complexity index is 533. The van der Waals surface area contributed by atoms with Gasteiger partial charge in [0.1, 0.15) is 5.82 Å². The monoisotopic (exact) mass is 326 g/mol. The number of nitrogens with one attached hydrogen (secondary N) is 2. The Morgan fingerprint density at radius 2 is 2.18 bits per heavy atom. The molecule has 2 atom stereocenters. The first kappa shape index (κ1) is 17.2. The quantitative estimate of drug-likeness (QED) is 0.896. The average molecular weight is 327 g/mol. The second-order valence-electron chi connectivity index (χ2n) is 6.50. The maximum atomic E-state index is 13.5. The maximum Gasteiger partial charge on any atom is 0.230 e. The van der Waals surface area contributed by atoms with Gasteiger partial charge in [0.2, 0.25) is 5.91 Å². The molecule has 0 radical (unpaired) electrons. The number of carbonyl (C=O) groups is 1. The summed E-state index contributed by atoms with van der Waals surface area (Å²) in [7, 11) is 0. The van der Waals surface area contributed by atoms with Crippen molar-refractivity contribution in [2.75, 3.05) is 6.54 Å². The Morgan fingerprint density at radius 3 is 2.77 bits per heavy atom. The first-order valence-corrected chi connectivity index (χ1v) is 7.90. The zero-order valence-corrected chi connectivity index (χ0v) is 13.7. The lowest BCUT2D eigenvalue weighted by atomic mass is 9.63. The molecule has 22 heavy (non-hydrogen) atoms. The highest BCUT2D eigenvalue weighted by atomic mass is 35.5. The molecule has 3 rings (SSSR count). The predicted octanol–water partition coefficient (Wildman–Crippen LogP) is 2.93. The number of rotatable bonds is 3. The molecule has 2 aliphatic rings. The third kappa shape index (κ3) is 3.28. The molecular formula is C17H24ClFN2O. The fraction of sp³-hybridized carbons (Fsp3) is 0.588. The van der Waals surface area contributed by atoms with Gasteiger partial charge in [-0.1, -0.05) is 18.6 Å². The number of hydrogen-bond donors (Lipinski definition) is 2. The summed E-state index contributed by atoms with van der Waals surface area (Å²) < 4.78 is 13.5. The van der Waals surface area contributed by atoms with Gasteiger partial charge in [0.25, 0.3) is 0 Å². The Kier molecular flexibility index (Phi) is 5.45. The van der Waals surface area contributed by atoms with Crippen LogP contribution < -0.4 is 10.6 Å². The minimum Gasteiger partial charge on any atom is -0.352 e. The van der Waals surface area contributed by atoms with Crippen LogP contribution in [0.1, 0.15) is 44.6 Å². The summed E-state index contributed by atoms with van der Waals surface area (Å²) in [6, 6.07) is 7.21. The molecule has 0 aromatic heterocycles. The van der Waals surface area contributed by atoms with Crippen LogP contribution in [0.2, 0.25) is 0 Å². The summed E-state index contributed by atoms with van der Waals surface area (Å²) in [4.78, 5) is 12.8. The van der Waals surface area contributed by atoms with Crippen molar-refractivity contribution in [2.45, 2.75) is 56.5 Å². The summed E-state index contributed by atoms with van der Waals surface area (Å²) in [6.07, 6.45) is 4.61. The molecule has 1 aliphatic carbocycles. The molecule has 2 fully saturated rings. The van der Waals surface area contributed by atoms with Crippen LogP contribution in [0, 0.1) is 5.82 Å². The molecule has 1 saturated carbocycles. The maximum absolute atomic E-state index is 13.5. The van der Waals surface area contributed by atoms with Crippen molar-refractivity contribution in [3.8, 4) is 0 Å². The summed E-state index contributed by atoms with van der Waals surface area (Å²) in [6.45, 7) is 3.09. The predicted molar refractivity (Wildman–Crippen MR) is 87.8 cm³/mol. The number of hydrogen-bond acceptors (Lipinski definition) is 2. The SMILES string of the molecule is CC1CC(NC(=O)C2(c3cccc(F)c3)CCC2)CCN1.Cl. The van der Waals surface area contributed by atoms with E-state index >= 15 is 0 Å². The van der Waals surface area contributed by atoms with Gasteiger partial charge >= 0.3 is 0 Å². The highest BCUT2D eigenvalue weighted by Crippen LogP contribution is 2.44. The summed E-state index contributed by atoms with van der Waals surface area (Å²) in [5, 5.41) is 6.60. The minimum atomic E-state index is -0.504. The van der Waals surface area contributed by atoms with E-state index in [0.717, 1.165) is 44.2 Å². The van der Waals surface area contributed by atoms with Crippen molar-refractivity contribution < 1.29 is 9.18 Å². The van der Waals surface area contributed by atoms with Gasteiger partial charge in [0.15, 0.2) is 0 Å². The van der Waals surface area contributed by atoms with Crippen LogP contribution in [0.3, 0.4) is 0 Å². The first-order valence-electron chi connectivity index (χ1n) is 7.90. The van der Waals surface area contributed by atoms with Crippen LogP contribution in [-0.2, 0) is 10.2 Å². The number of benzene rings is 1. The molecule has 1 heterocycles. The number of halogens is 2. The second-order valence-corrected chi connectivity index (χ2v) is 6.50. The standard InChI is InChI=1S/C17H23FN2O.ClH/c1-12-10-15(6-9-19-12)20-16(21)17(7-3-8-17)13-4-2-5-14(18)11-13;/h2,4-5,11-12,15,19H,3,6-10H2,1H3,(H,20,21);1H. The lowest BCUT2D eigenvalue weighted by Gasteiger charge is -2.42. The molecular weight excluding hydrogens is 303 g/mol. The second kappa shape index (κ2) is 6.97. The van der Waals surface area contributed by atoms with Crippen LogP contribution in [0.15, 0.2) is 24.3 Å². The highest BCUT2D eigenvalue weighted by molar-refractivity contribution is 5.89. The largest absolute Gasteiger partial charge is 0.352 e. The van der Waals surface area contributed by atoms with E-state index in [4.69, 9.17) is 0 Å². The van der Waals surface area contributed by atoms with Crippen molar-refractivity contribution in [2.24, 2.45) is 0 Å². The molecule has 1 aromatic rings. The fourth-order valence-corrected chi connectivity index (χ4v) is 3.55. The number of carbonyl (C=O) groups excluding carboxylic acids is 1. The molecule has 1 saturated heterocycles. The van der Waals surface area contributed by atoms with Gasteiger partial charge in [-0.05, 0) is 56.8 Å². The van der Waals surface area contributed by atoms with Crippen LogP contribution in [0.4, 0.5) is 4.39 Å². The van der Waals surface area contributed by atoms with E-state index in [2.05, 4.69) is 17.6 Å². The van der Waals surface area contributed by atoms with Crippen molar-refractivity contribution >= 4 is 18.3 Å². The Morgan fingerprint density at radius 1 is 1.41 bits per heavy atom. The van der Waals surface area contributed by atoms with Crippen molar-refractivity contribution in [1.82, 2.24) is 10.6 Å². The lowest BCUT2D eigenvalue weighted by Crippen LogP contribution is -2.54. The smallest absolute Gasteiger partial charge is 0.230 e. The van der Waals surface area contributed by atoms with E-state index in [-0.39, 0.29) is 30.2 Å². The van der Waals surface area contributed by atoms with E-state index in [0.29, 0.717) is 6.04 Å². The third-order valence-corrected chi connectivity index (χ3v) is 4.98. The molecule has 1 aliphatic heterocycles. The molecule has 2 unspecified atom stereocenters. The average Bonchev–Trinajstić information content (AvgIpc) is 2.37. The summed E-state index contributed by atoms with van der Waals surface area (Å²) in [5.74, 6) is -0.180. The highest BCUT2D eigenvalue weighted by Gasteiger charge is 2.46. The van der Waals surface area contributed by atoms with E-state index < -0.39 is 5.41 Å². The van der Waals surface area contributed by atoms with Crippen LogP contribution in [-0.4, -0.2) is 24.5 Å². The fourth-order valence-electron chi connectivity index (χ4n) is 3.55. The Labute approximate surface area is 137 Å². The van der Waals surface area contributed by atoms with Crippen LogP contribution in [0.25, 0.3) is 0 Å². The van der Waals surface area contributed by atoms with Crippen LogP contribution in [0.5, 0.6) is 0 Å². The molecule has 5 heteroatoms. The molecule has 1 aromatic carbocycles. The van der Waals surface area contributed by atoms with E-state index in [1.54, 1.807) is 6.07 Å². The zero-order chi connectivity index (χ0) is 14.9. The Balaban J connectivity index is 0.00000176. The lowest BCUT2D eigenvalue weighted by molar-refractivity contribution is -0.130. The normalized spacial score (nSPS) is 26.5. The minimum absolute atomic E-state index is 0. The van der Waals surface area contributed by atoms with Gasteiger partial charge in [0.05, 0.1) is 5.41 Å². The first-order chi connectivity index (χ1) is 10.1. The molecule has 2 N–H and O–H groups in total. The van der Waals surface area contributed by atoms with Crippen LogP contribution >= 0.6 is 12.4 Å². The zero-order valence-electron chi connectivity index (χ0n) is 12.9. The van der Waals surface area contributed by atoms with Crippen molar-refractivity contribution in [3.63, 3.8) is 0 Å². The molecule has 122 valence electrons. The Hall–Kier alpha value is -1.13. The molecule has 0 spiro atoms. The summed E-state index contributed by atoms with van der Waals surface area (Å²) in [5.41, 5.74) is 0.323. The van der Waals surface area contributed by atoms with Crippen molar-refractivity contribution in [3.05, 3.63) is 35.6 Å². The molecule has 1 amide bonds. The van der Waals surface area contributed by atoms with Gasteiger partial charge in [-0.3, -0.25) is 4.79 Å². The van der Waals surface area contributed by atoms with Gasteiger partial charge in [0, 0.05) is 12.1 Å². The van der Waals surface area contributed by atoms with E-state index in [1.165, 1.54) is 12.1 Å². The molecule has 0 bridgehead atoms. The number of amides is 1. The number of piperidine rings is 1. The topological polar surface area (TPSA) is 41.1 Å². The van der Waals surface area contributed by atoms with Gasteiger partial charge in [-0.25, -0.2) is 4.39 Å².